The fraction of sp³-hybridized carbons (Fsp3) is 0.458. The van der Waals surface area contributed by atoms with E-state index in [0.29, 0.717) is 27.9 Å². The van der Waals surface area contributed by atoms with E-state index >= 15 is 0 Å². The molecule has 0 bridgehead atoms. The van der Waals surface area contributed by atoms with Crippen LogP contribution in [-0.2, 0) is 27.4 Å². The summed E-state index contributed by atoms with van der Waals surface area (Å²) in [6.45, 7) is 3.43. The lowest BCUT2D eigenvalue weighted by Crippen LogP contribution is -2.31. The maximum Gasteiger partial charge on any atom is 0.249 e. The van der Waals surface area contributed by atoms with Crippen LogP contribution in [0.15, 0.2) is 24.5 Å². The van der Waals surface area contributed by atoms with Crippen molar-refractivity contribution in [3.63, 3.8) is 0 Å². The Labute approximate surface area is 207 Å². The maximum absolute atomic E-state index is 13.0. The first-order chi connectivity index (χ1) is 16.5. The molecule has 10 heteroatoms. The number of fused-ring (bicyclic) bond motifs is 3. The molecule has 1 aromatic carbocycles. The molecule has 0 spiro atoms. The third-order valence-electron chi connectivity index (χ3n) is 6.49. The van der Waals surface area contributed by atoms with E-state index in [1.807, 2.05) is 29.9 Å². The Kier molecular flexibility index (Phi) is 6.66. The summed E-state index contributed by atoms with van der Waals surface area (Å²) in [5.41, 5.74) is 3.34. The zero-order valence-corrected chi connectivity index (χ0v) is 20.6. The molecule has 2 aliphatic heterocycles. The van der Waals surface area contributed by atoms with Gasteiger partial charge in [0.15, 0.2) is 0 Å². The number of hydrogen-bond donors (Lipinski definition) is 0. The van der Waals surface area contributed by atoms with Crippen LogP contribution in [0, 0.1) is 0 Å². The fourth-order valence-electron chi connectivity index (χ4n) is 4.73. The molecule has 3 aromatic rings. The molecule has 1 unspecified atom stereocenters. The molecular weight excluding hydrogens is 479 g/mol. The average Bonchev–Trinajstić information content (AvgIpc) is 3.46. The predicted molar refractivity (Wildman–Crippen MR) is 128 cm³/mol. The Balaban J connectivity index is 1.25. The van der Waals surface area contributed by atoms with Crippen LogP contribution in [0.2, 0.25) is 10.0 Å². The topological polar surface area (TPSA) is 78.7 Å². The molecule has 0 N–H and O–H groups in total. The molecule has 4 heterocycles. The maximum atomic E-state index is 13.0. The van der Waals surface area contributed by atoms with Gasteiger partial charge in [-0.1, -0.05) is 23.2 Å². The molecule has 180 valence electrons. The van der Waals surface area contributed by atoms with E-state index in [2.05, 4.69) is 10.1 Å². The molecular formula is C24H26Cl2N4O4. The summed E-state index contributed by atoms with van der Waals surface area (Å²) in [6, 6.07) is 3.57. The van der Waals surface area contributed by atoms with Gasteiger partial charge in [0.25, 0.3) is 0 Å². The van der Waals surface area contributed by atoms with Crippen molar-refractivity contribution in [2.75, 3.05) is 20.3 Å². The number of methoxy groups -OCH3 is 1. The third-order valence-corrected chi connectivity index (χ3v) is 7.33. The summed E-state index contributed by atoms with van der Waals surface area (Å²) in [4.78, 5) is 19.3. The molecule has 0 radical (unpaired) electrons. The number of ether oxygens (including phenoxy) is 3. The second-order valence-electron chi connectivity index (χ2n) is 8.60. The van der Waals surface area contributed by atoms with Crippen molar-refractivity contribution in [1.29, 1.82) is 0 Å². The Morgan fingerprint density at radius 1 is 1.29 bits per heavy atom. The minimum Gasteiger partial charge on any atom is -0.495 e. The van der Waals surface area contributed by atoms with Gasteiger partial charge < -0.3 is 19.1 Å². The molecule has 34 heavy (non-hydrogen) atoms. The van der Waals surface area contributed by atoms with Gasteiger partial charge in [0.2, 0.25) is 5.91 Å². The number of aromatic nitrogens is 3. The van der Waals surface area contributed by atoms with Crippen LogP contribution in [0.3, 0.4) is 0 Å². The van der Waals surface area contributed by atoms with E-state index in [-0.39, 0.29) is 31.4 Å². The summed E-state index contributed by atoms with van der Waals surface area (Å²) >= 11 is 12.7. The minimum absolute atomic E-state index is 0.0153. The van der Waals surface area contributed by atoms with Crippen LogP contribution < -0.4 is 4.74 Å². The highest BCUT2D eigenvalue weighted by Gasteiger charge is 2.33. The van der Waals surface area contributed by atoms with E-state index in [1.54, 1.807) is 18.2 Å². The predicted octanol–water partition coefficient (Wildman–Crippen LogP) is 5.07. The Morgan fingerprint density at radius 2 is 2.15 bits per heavy atom. The number of benzene rings is 1. The van der Waals surface area contributed by atoms with Crippen molar-refractivity contribution in [1.82, 2.24) is 19.7 Å². The highest BCUT2D eigenvalue weighted by molar-refractivity contribution is 6.46. The molecule has 2 aromatic heterocycles. The number of pyridine rings is 1. The zero-order valence-electron chi connectivity index (χ0n) is 19.1. The van der Waals surface area contributed by atoms with Gasteiger partial charge in [-0.05, 0) is 49.4 Å². The van der Waals surface area contributed by atoms with Gasteiger partial charge in [-0.25, -0.2) is 4.68 Å². The lowest BCUT2D eigenvalue weighted by Gasteiger charge is -2.23. The van der Waals surface area contributed by atoms with E-state index in [9.17, 15) is 4.79 Å². The van der Waals surface area contributed by atoms with Crippen LogP contribution in [-0.4, -0.2) is 45.9 Å². The van der Waals surface area contributed by atoms with Crippen LogP contribution in [0.25, 0.3) is 10.9 Å². The quantitative estimate of drug-likeness (QED) is 0.466. The van der Waals surface area contributed by atoms with Crippen LogP contribution in [0.5, 0.6) is 5.75 Å². The lowest BCUT2D eigenvalue weighted by atomic mass is 10.0. The molecule has 2 atom stereocenters. The summed E-state index contributed by atoms with van der Waals surface area (Å²) in [5, 5.41) is 6.05. The van der Waals surface area contributed by atoms with Gasteiger partial charge in [0, 0.05) is 30.9 Å². The smallest absolute Gasteiger partial charge is 0.249 e. The number of halogens is 2. The Bertz CT molecular complexity index is 1230. The zero-order chi connectivity index (χ0) is 23.8. The second kappa shape index (κ2) is 9.70. The molecule has 8 nitrogen and oxygen atoms in total. The normalized spacial score (nSPS) is 20.1. The number of amides is 1. The molecule has 0 saturated carbocycles. The van der Waals surface area contributed by atoms with Crippen molar-refractivity contribution in [3.05, 3.63) is 51.4 Å². The van der Waals surface area contributed by atoms with Crippen molar-refractivity contribution in [2.24, 2.45) is 0 Å². The van der Waals surface area contributed by atoms with Crippen LogP contribution in [0.4, 0.5) is 0 Å². The molecule has 5 rings (SSSR count). The minimum atomic E-state index is -0.166. The monoisotopic (exact) mass is 504 g/mol. The van der Waals surface area contributed by atoms with E-state index in [0.717, 1.165) is 48.1 Å². The highest BCUT2D eigenvalue weighted by atomic mass is 35.5. The summed E-state index contributed by atoms with van der Waals surface area (Å²) in [5.74, 6) is 0.381. The summed E-state index contributed by atoms with van der Waals surface area (Å²) < 4.78 is 18.7. The fourth-order valence-corrected chi connectivity index (χ4v) is 5.20. The van der Waals surface area contributed by atoms with Gasteiger partial charge in [0.1, 0.15) is 23.6 Å². The molecule has 0 aliphatic carbocycles. The molecule has 1 amide bonds. The Hall–Kier alpha value is -2.39. The van der Waals surface area contributed by atoms with E-state index in [4.69, 9.17) is 37.4 Å². The lowest BCUT2D eigenvalue weighted by molar-refractivity contribution is -0.138. The first kappa shape index (κ1) is 23.4. The van der Waals surface area contributed by atoms with Gasteiger partial charge in [0.05, 0.1) is 36.0 Å². The number of carbonyl (C=O) groups excluding carboxylic acids is 1. The second-order valence-corrected chi connectivity index (χ2v) is 9.35. The van der Waals surface area contributed by atoms with Gasteiger partial charge in [-0.2, -0.15) is 5.10 Å². The largest absolute Gasteiger partial charge is 0.495 e. The average molecular weight is 505 g/mol. The van der Waals surface area contributed by atoms with E-state index < -0.39 is 0 Å². The van der Waals surface area contributed by atoms with Crippen LogP contribution in [0.1, 0.15) is 55.3 Å². The van der Waals surface area contributed by atoms with Crippen molar-refractivity contribution < 1.29 is 19.0 Å². The van der Waals surface area contributed by atoms with Crippen molar-refractivity contribution >= 4 is 40.0 Å². The first-order valence-corrected chi connectivity index (χ1v) is 12.1. The summed E-state index contributed by atoms with van der Waals surface area (Å²) in [6.07, 6.45) is 6.84. The van der Waals surface area contributed by atoms with Crippen LogP contribution >= 0.6 is 23.2 Å². The van der Waals surface area contributed by atoms with Crippen molar-refractivity contribution in [3.8, 4) is 5.75 Å². The van der Waals surface area contributed by atoms with Gasteiger partial charge in [-0.3, -0.25) is 9.78 Å². The third kappa shape index (κ3) is 4.24. The number of nitrogens with zero attached hydrogens (tertiary/aromatic N) is 4. The Morgan fingerprint density at radius 3 is 2.91 bits per heavy atom. The highest BCUT2D eigenvalue weighted by Crippen LogP contribution is 2.44. The summed E-state index contributed by atoms with van der Waals surface area (Å²) in [7, 11) is 1.54. The number of carbonyl (C=O) groups is 1. The first-order valence-electron chi connectivity index (χ1n) is 11.3. The SMILES string of the molecule is COc1cc2c3c(cnc2c(Cl)c1Cl)CN(C(=O)COCc1ccn(C2CCCCO2)n1)[C@H]3C. The van der Waals surface area contributed by atoms with E-state index in [1.165, 1.54) is 0 Å². The molecule has 1 fully saturated rings. The standard InChI is InChI=1S/C24H26Cl2N4O4/c1-14-21-15(10-27-24-17(21)9-18(32-2)22(25)23(24)26)11-29(14)19(31)13-33-12-16-6-7-30(28-16)20-5-3-4-8-34-20/h6-7,9-10,14,20H,3-5,8,11-13H2,1-2H3/t14-,20?/m0/s1. The number of rotatable bonds is 6. The molecule has 2 aliphatic rings. The van der Waals surface area contributed by atoms with Gasteiger partial charge in [-0.15, -0.1) is 0 Å². The van der Waals surface area contributed by atoms with Gasteiger partial charge >= 0.3 is 0 Å². The number of hydrogen-bond acceptors (Lipinski definition) is 6. The molecule has 1 saturated heterocycles. The van der Waals surface area contributed by atoms with Crippen molar-refractivity contribution in [2.45, 2.75) is 51.6 Å².